The molecule has 4 aromatic rings. The highest BCUT2D eigenvalue weighted by atomic mass is 16.6. The molecule has 0 atom stereocenters. The first-order chi connectivity index (χ1) is 21.5. The van der Waals surface area contributed by atoms with E-state index in [-0.39, 0.29) is 35.9 Å². The lowest BCUT2D eigenvalue weighted by molar-refractivity contribution is -0.384. The van der Waals surface area contributed by atoms with Gasteiger partial charge in [-0.3, -0.25) is 34.5 Å². The Labute approximate surface area is 259 Å². The number of unbranched alkanes of at least 4 members (excludes halogenated alkanes) is 2. The third-order valence-corrected chi connectivity index (χ3v) is 7.27. The van der Waals surface area contributed by atoms with Gasteiger partial charge in [-0.15, -0.1) is 0 Å². The summed E-state index contributed by atoms with van der Waals surface area (Å²) in [6.07, 6.45) is 6.89. The topological polar surface area (TPSA) is 206 Å². The van der Waals surface area contributed by atoms with Gasteiger partial charge in [0.1, 0.15) is 11.4 Å². The Morgan fingerprint density at radius 2 is 1.78 bits per heavy atom. The van der Waals surface area contributed by atoms with E-state index in [1.807, 2.05) is 13.0 Å². The quantitative estimate of drug-likeness (QED) is 0.0654. The molecule has 3 amide bonds. The van der Waals surface area contributed by atoms with Crippen molar-refractivity contribution in [1.29, 1.82) is 0 Å². The second kappa shape index (κ2) is 14.3. The Bertz CT molecular complexity index is 1790. The number of nitrogens with zero attached hydrogens (tertiary/aromatic N) is 5. The van der Waals surface area contributed by atoms with Crippen molar-refractivity contribution in [3.63, 3.8) is 0 Å². The highest BCUT2D eigenvalue weighted by Crippen LogP contribution is 2.31. The Morgan fingerprint density at radius 3 is 2.44 bits per heavy atom. The third kappa shape index (κ3) is 7.52. The molecule has 2 aromatic carbocycles. The number of carbonyl (C=O) groups is 3. The lowest BCUT2D eigenvalue weighted by Gasteiger charge is -2.13. The zero-order valence-corrected chi connectivity index (χ0v) is 25.5. The van der Waals surface area contributed by atoms with Crippen LogP contribution in [-0.4, -0.2) is 48.5 Å². The number of fused-ring (bicyclic) bond motifs is 1. The number of aromatic nitrogens is 4. The largest absolute Gasteiger partial charge is 0.376 e. The van der Waals surface area contributed by atoms with Crippen LogP contribution in [0.4, 0.5) is 17.3 Å². The summed E-state index contributed by atoms with van der Waals surface area (Å²) in [5.74, 6) is -1.46. The number of allylic oxidation sites excluding steroid dienone is 1. The van der Waals surface area contributed by atoms with Gasteiger partial charge in [-0.1, -0.05) is 31.9 Å². The Hall–Kier alpha value is -5.53. The maximum atomic E-state index is 13.2. The molecule has 0 bridgehead atoms. The molecule has 14 heteroatoms. The molecule has 0 aliphatic rings. The maximum Gasteiger partial charge on any atom is 0.293 e. The average Bonchev–Trinajstić information content (AvgIpc) is 3.55. The van der Waals surface area contributed by atoms with Crippen LogP contribution in [0.1, 0.15) is 75.6 Å². The lowest BCUT2D eigenvalue weighted by atomic mass is 10.0. The summed E-state index contributed by atoms with van der Waals surface area (Å²) in [5.41, 5.74) is 14.3. The number of nitro groups is 1. The number of nitrogens with two attached hydrogens (primary N) is 2. The number of hydrogen-bond acceptors (Lipinski definition) is 8. The molecule has 4 rings (SSSR count). The smallest absolute Gasteiger partial charge is 0.293 e. The zero-order valence-electron chi connectivity index (χ0n) is 25.5. The van der Waals surface area contributed by atoms with Crippen LogP contribution in [-0.2, 0) is 19.5 Å². The second-order valence-electron chi connectivity index (χ2n) is 10.5. The molecule has 0 unspecified atom stereocenters. The fourth-order valence-electron chi connectivity index (χ4n) is 5.06. The highest BCUT2D eigenvalue weighted by Gasteiger charge is 2.21. The molecule has 0 spiro atoms. The zero-order chi connectivity index (χ0) is 32.7. The van der Waals surface area contributed by atoms with Crippen LogP contribution in [0.2, 0.25) is 0 Å². The molecule has 0 radical (unpaired) electrons. The van der Waals surface area contributed by atoms with Gasteiger partial charge >= 0.3 is 0 Å². The summed E-state index contributed by atoms with van der Waals surface area (Å²) in [6.45, 7) is 6.78. The first kappa shape index (κ1) is 32.4. The van der Waals surface area contributed by atoms with Gasteiger partial charge in [0, 0.05) is 36.8 Å². The molecule has 0 saturated carbocycles. The van der Waals surface area contributed by atoms with Crippen molar-refractivity contribution in [2.75, 3.05) is 17.2 Å². The molecule has 6 N–H and O–H groups in total. The SMILES string of the molecule is CCCCCc1cc(C(N)=O)cc([N+](=O)[O-])c1NC/C=C/Cn1c(NC(=O)c2cc(C)nn2CC)nc2cc(C(N)=O)ccc21. The number of anilines is 2. The standard InChI is InChI=1S/C31H37N9O5/c1-4-6-7-10-20-16-22(29(33)42)18-25(40(44)45)27(20)34-13-8-9-14-38-24-12-11-21(28(32)41)17-23(24)35-31(38)36-30(43)26-15-19(3)37-39(26)5-2/h8-9,11-12,15-18,34H,4-7,10,13-14H2,1-3H3,(H2,32,41)(H2,33,42)(H,35,36,43)/b9-8+. The van der Waals surface area contributed by atoms with Crippen LogP contribution in [0.5, 0.6) is 0 Å². The maximum absolute atomic E-state index is 13.2. The monoisotopic (exact) mass is 615 g/mol. The summed E-state index contributed by atoms with van der Waals surface area (Å²) in [4.78, 5) is 52.8. The number of aryl methyl sites for hydroxylation is 3. The van der Waals surface area contributed by atoms with E-state index in [0.717, 1.165) is 19.3 Å². The molecule has 14 nitrogen and oxygen atoms in total. The molecule has 0 fully saturated rings. The van der Waals surface area contributed by atoms with Crippen LogP contribution in [0.25, 0.3) is 11.0 Å². The van der Waals surface area contributed by atoms with Gasteiger partial charge in [-0.25, -0.2) is 4.98 Å². The van der Waals surface area contributed by atoms with E-state index in [1.165, 1.54) is 6.07 Å². The van der Waals surface area contributed by atoms with E-state index in [9.17, 15) is 24.5 Å². The number of primary amides is 2. The summed E-state index contributed by atoms with van der Waals surface area (Å²) in [7, 11) is 0. The van der Waals surface area contributed by atoms with Gasteiger partial charge in [-0.2, -0.15) is 5.10 Å². The molecule has 0 aliphatic carbocycles. The Morgan fingerprint density at radius 1 is 1.02 bits per heavy atom. The Balaban J connectivity index is 1.60. The van der Waals surface area contributed by atoms with Crippen LogP contribution >= 0.6 is 0 Å². The first-order valence-electron chi connectivity index (χ1n) is 14.7. The average molecular weight is 616 g/mol. The van der Waals surface area contributed by atoms with Crippen LogP contribution in [0, 0.1) is 17.0 Å². The fraction of sp³-hybridized carbons (Fsp3) is 0.323. The number of benzene rings is 2. The molecule has 0 aliphatic heterocycles. The predicted molar refractivity (Wildman–Crippen MR) is 171 cm³/mol. The van der Waals surface area contributed by atoms with E-state index in [2.05, 4.69) is 27.6 Å². The molecule has 2 heterocycles. The van der Waals surface area contributed by atoms with E-state index in [0.29, 0.717) is 46.6 Å². The molecule has 0 saturated heterocycles. The molecule has 2 aromatic heterocycles. The number of rotatable bonds is 15. The number of amides is 3. The normalized spacial score (nSPS) is 11.3. The molecular weight excluding hydrogens is 578 g/mol. The fourth-order valence-corrected chi connectivity index (χ4v) is 5.06. The molecule has 236 valence electrons. The first-order valence-corrected chi connectivity index (χ1v) is 14.7. The molecular formula is C31H37N9O5. The van der Waals surface area contributed by atoms with Gasteiger partial charge in [0.15, 0.2) is 0 Å². The van der Waals surface area contributed by atoms with Gasteiger partial charge in [0.2, 0.25) is 17.8 Å². The third-order valence-electron chi connectivity index (χ3n) is 7.27. The summed E-state index contributed by atoms with van der Waals surface area (Å²) < 4.78 is 3.37. The van der Waals surface area contributed by atoms with Gasteiger partial charge < -0.3 is 21.4 Å². The summed E-state index contributed by atoms with van der Waals surface area (Å²) in [6, 6.07) is 9.34. The summed E-state index contributed by atoms with van der Waals surface area (Å²) in [5, 5.41) is 22.2. The minimum Gasteiger partial charge on any atom is -0.376 e. The lowest BCUT2D eigenvalue weighted by Crippen LogP contribution is -2.19. The van der Waals surface area contributed by atoms with Crippen molar-refractivity contribution in [3.05, 3.63) is 86.7 Å². The minimum absolute atomic E-state index is 0.0903. The van der Waals surface area contributed by atoms with Crippen LogP contribution in [0.15, 0.2) is 48.6 Å². The number of imidazole rings is 1. The Kier molecular flexibility index (Phi) is 10.3. The number of nitro benzene ring substituents is 1. The predicted octanol–water partition coefficient (Wildman–Crippen LogP) is 4.32. The number of nitrogens with one attached hydrogen (secondary N) is 2. The summed E-state index contributed by atoms with van der Waals surface area (Å²) >= 11 is 0. The van der Waals surface area contributed by atoms with Crippen molar-refractivity contribution in [2.24, 2.45) is 11.5 Å². The van der Waals surface area contributed by atoms with Crippen molar-refractivity contribution in [3.8, 4) is 0 Å². The van der Waals surface area contributed by atoms with Crippen LogP contribution in [0.3, 0.4) is 0 Å². The van der Waals surface area contributed by atoms with E-state index in [1.54, 1.807) is 52.6 Å². The number of hydrogen-bond donors (Lipinski definition) is 4. The van der Waals surface area contributed by atoms with Crippen LogP contribution < -0.4 is 22.1 Å². The van der Waals surface area contributed by atoms with Crippen molar-refractivity contribution < 1.29 is 19.3 Å². The van der Waals surface area contributed by atoms with Crippen molar-refractivity contribution >= 4 is 46.1 Å². The minimum atomic E-state index is -0.728. The van der Waals surface area contributed by atoms with E-state index >= 15 is 0 Å². The number of carbonyl (C=O) groups excluding carboxylic acids is 3. The van der Waals surface area contributed by atoms with E-state index < -0.39 is 22.6 Å². The highest BCUT2D eigenvalue weighted by molar-refractivity contribution is 6.03. The second-order valence-corrected chi connectivity index (χ2v) is 10.5. The molecule has 45 heavy (non-hydrogen) atoms. The van der Waals surface area contributed by atoms with Gasteiger partial charge in [0.05, 0.1) is 21.7 Å². The van der Waals surface area contributed by atoms with Gasteiger partial charge in [0.25, 0.3) is 11.6 Å². The van der Waals surface area contributed by atoms with Gasteiger partial charge in [-0.05, 0) is 62.6 Å². The van der Waals surface area contributed by atoms with Crippen molar-refractivity contribution in [1.82, 2.24) is 19.3 Å². The van der Waals surface area contributed by atoms with Crippen molar-refractivity contribution in [2.45, 2.75) is 59.5 Å². The van der Waals surface area contributed by atoms with E-state index in [4.69, 9.17) is 11.5 Å².